The highest BCUT2D eigenvalue weighted by Crippen LogP contribution is 2.25. The number of amides is 1. The van der Waals surface area contributed by atoms with Crippen LogP contribution in [0.4, 0.5) is 10.1 Å². The fourth-order valence-corrected chi connectivity index (χ4v) is 2.33. The fraction of sp³-hybridized carbons (Fsp3) is 0.500. The maximum atomic E-state index is 13.1. The molecule has 0 aromatic heterocycles. The topological polar surface area (TPSA) is 50.4 Å². The second-order valence-corrected chi connectivity index (χ2v) is 4.89. The lowest BCUT2D eigenvalue weighted by Gasteiger charge is -2.28. The Kier molecular flexibility index (Phi) is 4.37. The van der Waals surface area contributed by atoms with Crippen molar-refractivity contribution >= 4 is 11.6 Å². The van der Waals surface area contributed by atoms with Crippen molar-refractivity contribution in [2.24, 2.45) is 0 Å². The lowest BCUT2D eigenvalue weighted by molar-refractivity contribution is -0.118. The van der Waals surface area contributed by atoms with Gasteiger partial charge >= 0.3 is 0 Å². The van der Waals surface area contributed by atoms with Crippen LogP contribution in [0.25, 0.3) is 0 Å². The van der Waals surface area contributed by atoms with Gasteiger partial charge in [-0.3, -0.25) is 4.79 Å². The van der Waals surface area contributed by atoms with Crippen molar-refractivity contribution in [1.82, 2.24) is 5.32 Å². The zero-order valence-electron chi connectivity index (χ0n) is 11.2. The highest BCUT2D eigenvalue weighted by atomic mass is 19.1. The SMILES string of the molecule is COc1cc(F)ccc1NC(=O)C1CCCC(C)N1. The largest absolute Gasteiger partial charge is 0.494 e. The minimum absolute atomic E-state index is 0.101. The number of anilines is 1. The van der Waals surface area contributed by atoms with Gasteiger partial charge in [0.25, 0.3) is 0 Å². The summed E-state index contributed by atoms with van der Waals surface area (Å²) >= 11 is 0. The molecule has 5 heteroatoms. The first-order chi connectivity index (χ1) is 9.10. The quantitative estimate of drug-likeness (QED) is 0.882. The van der Waals surface area contributed by atoms with Crippen molar-refractivity contribution in [3.63, 3.8) is 0 Å². The van der Waals surface area contributed by atoms with E-state index in [0.717, 1.165) is 19.3 Å². The van der Waals surface area contributed by atoms with Crippen molar-refractivity contribution in [2.45, 2.75) is 38.3 Å². The number of ether oxygens (including phenoxy) is 1. The summed E-state index contributed by atoms with van der Waals surface area (Å²) in [5.41, 5.74) is 0.494. The van der Waals surface area contributed by atoms with E-state index in [1.54, 1.807) is 0 Å². The third-order valence-corrected chi connectivity index (χ3v) is 3.35. The Labute approximate surface area is 112 Å². The third-order valence-electron chi connectivity index (χ3n) is 3.35. The molecule has 0 spiro atoms. The van der Waals surface area contributed by atoms with Crippen LogP contribution < -0.4 is 15.4 Å². The molecule has 1 saturated heterocycles. The van der Waals surface area contributed by atoms with Crippen LogP contribution in [0.5, 0.6) is 5.75 Å². The molecular weight excluding hydrogens is 247 g/mol. The maximum Gasteiger partial charge on any atom is 0.241 e. The van der Waals surface area contributed by atoms with Crippen LogP contribution in [0.3, 0.4) is 0 Å². The number of benzene rings is 1. The van der Waals surface area contributed by atoms with Gasteiger partial charge in [-0.05, 0) is 38.3 Å². The number of piperidine rings is 1. The van der Waals surface area contributed by atoms with Crippen LogP contribution >= 0.6 is 0 Å². The normalized spacial score (nSPS) is 22.9. The van der Waals surface area contributed by atoms with Crippen LogP contribution in [-0.4, -0.2) is 25.1 Å². The summed E-state index contributed by atoms with van der Waals surface area (Å²) in [5.74, 6) is -0.159. The van der Waals surface area contributed by atoms with Gasteiger partial charge in [0.15, 0.2) is 0 Å². The van der Waals surface area contributed by atoms with E-state index in [4.69, 9.17) is 4.74 Å². The minimum atomic E-state index is -0.390. The molecule has 1 aliphatic heterocycles. The smallest absolute Gasteiger partial charge is 0.241 e. The minimum Gasteiger partial charge on any atom is -0.494 e. The first-order valence-corrected chi connectivity index (χ1v) is 6.50. The third kappa shape index (κ3) is 3.44. The molecule has 4 nitrogen and oxygen atoms in total. The number of nitrogens with one attached hydrogen (secondary N) is 2. The van der Waals surface area contributed by atoms with Gasteiger partial charge in [0.2, 0.25) is 5.91 Å². The van der Waals surface area contributed by atoms with Crippen LogP contribution in [-0.2, 0) is 4.79 Å². The number of rotatable bonds is 3. The second-order valence-electron chi connectivity index (χ2n) is 4.89. The monoisotopic (exact) mass is 266 g/mol. The standard InChI is InChI=1S/C14H19FN2O2/c1-9-4-3-5-12(16-9)14(18)17-11-7-6-10(15)8-13(11)19-2/h6-9,12,16H,3-5H2,1-2H3,(H,17,18). The fourth-order valence-electron chi connectivity index (χ4n) is 2.33. The molecule has 2 atom stereocenters. The van der Waals surface area contributed by atoms with E-state index < -0.39 is 0 Å². The number of carbonyl (C=O) groups is 1. The number of carbonyl (C=O) groups excluding carboxylic acids is 1. The van der Waals surface area contributed by atoms with Crippen molar-refractivity contribution in [1.29, 1.82) is 0 Å². The zero-order valence-corrected chi connectivity index (χ0v) is 11.2. The molecule has 0 radical (unpaired) electrons. The van der Waals surface area contributed by atoms with E-state index >= 15 is 0 Å². The predicted molar refractivity (Wildman–Crippen MR) is 71.8 cm³/mol. The molecule has 0 aliphatic carbocycles. The predicted octanol–water partition coefficient (Wildman–Crippen LogP) is 2.30. The number of methoxy groups -OCH3 is 1. The van der Waals surface area contributed by atoms with E-state index in [-0.39, 0.29) is 17.8 Å². The molecule has 2 N–H and O–H groups in total. The molecule has 1 amide bonds. The van der Waals surface area contributed by atoms with Crippen LogP contribution in [0.15, 0.2) is 18.2 Å². The molecule has 19 heavy (non-hydrogen) atoms. The van der Waals surface area contributed by atoms with E-state index in [2.05, 4.69) is 17.6 Å². The van der Waals surface area contributed by atoms with Crippen LogP contribution in [0.2, 0.25) is 0 Å². The average molecular weight is 266 g/mol. The van der Waals surface area contributed by atoms with Gasteiger partial charge in [0.1, 0.15) is 11.6 Å². The molecule has 1 aromatic rings. The summed E-state index contributed by atoms with van der Waals surface area (Å²) in [7, 11) is 1.45. The molecule has 0 saturated carbocycles. The Morgan fingerprint density at radius 1 is 1.47 bits per heavy atom. The first-order valence-electron chi connectivity index (χ1n) is 6.50. The molecule has 104 valence electrons. The molecule has 0 bridgehead atoms. The highest BCUT2D eigenvalue weighted by molar-refractivity contribution is 5.96. The molecule has 2 rings (SSSR count). The Balaban J connectivity index is 2.06. The molecule has 2 unspecified atom stereocenters. The summed E-state index contributed by atoms with van der Waals surface area (Å²) in [5, 5.41) is 6.04. The van der Waals surface area contributed by atoms with Crippen molar-refractivity contribution < 1.29 is 13.9 Å². The number of hydrogen-bond acceptors (Lipinski definition) is 3. The van der Waals surface area contributed by atoms with Crippen LogP contribution in [0, 0.1) is 5.82 Å². The van der Waals surface area contributed by atoms with Crippen molar-refractivity contribution in [3.8, 4) is 5.75 Å². The van der Waals surface area contributed by atoms with Gasteiger partial charge in [-0.25, -0.2) is 4.39 Å². The Hall–Kier alpha value is -1.62. The number of halogens is 1. The average Bonchev–Trinajstić information content (AvgIpc) is 2.40. The summed E-state index contributed by atoms with van der Waals surface area (Å²) in [4.78, 5) is 12.1. The molecule has 1 aromatic carbocycles. The van der Waals surface area contributed by atoms with Gasteiger partial charge in [-0.15, -0.1) is 0 Å². The van der Waals surface area contributed by atoms with E-state index in [1.165, 1.54) is 25.3 Å². The molecule has 1 aliphatic rings. The Bertz CT molecular complexity index is 465. The summed E-state index contributed by atoms with van der Waals surface area (Å²) in [6.45, 7) is 2.07. The Morgan fingerprint density at radius 3 is 2.95 bits per heavy atom. The molecule has 1 heterocycles. The molecular formula is C14H19FN2O2. The highest BCUT2D eigenvalue weighted by Gasteiger charge is 2.24. The number of hydrogen-bond donors (Lipinski definition) is 2. The van der Waals surface area contributed by atoms with E-state index in [9.17, 15) is 9.18 Å². The van der Waals surface area contributed by atoms with Gasteiger partial charge < -0.3 is 15.4 Å². The van der Waals surface area contributed by atoms with E-state index in [0.29, 0.717) is 17.5 Å². The Morgan fingerprint density at radius 2 is 2.26 bits per heavy atom. The summed E-state index contributed by atoms with van der Waals surface area (Å²) in [6, 6.07) is 4.22. The second kappa shape index (κ2) is 6.02. The first kappa shape index (κ1) is 13.8. The van der Waals surface area contributed by atoms with Crippen LogP contribution in [0.1, 0.15) is 26.2 Å². The lowest BCUT2D eigenvalue weighted by atomic mass is 9.99. The maximum absolute atomic E-state index is 13.1. The zero-order chi connectivity index (χ0) is 13.8. The van der Waals surface area contributed by atoms with Gasteiger partial charge in [0, 0.05) is 12.1 Å². The van der Waals surface area contributed by atoms with E-state index in [1.807, 2.05) is 0 Å². The van der Waals surface area contributed by atoms with Gasteiger partial charge in [-0.1, -0.05) is 0 Å². The summed E-state index contributed by atoms with van der Waals surface area (Å²) in [6.07, 6.45) is 2.94. The summed E-state index contributed by atoms with van der Waals surface area (Å²) < 4.78 is 18.1. The van der Waals surface area contributed by atoms with Crippen molar-refractivity contribution in [3.05, 3.63) is 24.0 Å². The van der Waals surface area contributed by atoms with Crippen molar-refractivity contribution in [2.75, 3.05) is 12.4 Å². The molecule has 1 fully saturated rings. The lowest BCUT2D eigenvalue weighted by Crippen LogP contribution is -2.47. The van der Waals surface area contributed by atoms with Gasteiger partial charge in [0.05, 0.1) is 18.8 Å². The van der Waals surface area contributed by atoms with Gasteiger partial charge in [-0.2, -0.15) is 0 Å².